The van der Waals surface area contributed by atoms with E-state index in [-0.39, 0.29) is 0 Å². The molecule has 3 heterocycles. The van der Waals surface area contributed by atoms with Crippen LogP contribution in [-0.4, -0.2) is 75.2 Å². The Morgan fingerprint density at radius 2 is 1.73 bits per heavy atom. The van der Waals surface area contributed by atoms with Gasteiger partial charge in [0.05, 0.1) is 22.5 Å². The fourth-order valence-corrected chi connectivity index (χ4v) is 7.92. The Morgan fingerprint density at radius 3 is 2.44 bits per heavy atom. The van der Waals surface area contributed by atoms with Crippen LogP contribution in [0.15, 0.2) is 11.9 Å². The van der Waals surface area contributed by atoms with Gasteiger partial charge in [-0.25, -0.2) is 4.98 Å². The lowest BCUT2D eigenvalue weighted by Crippen LogP contribution is -2.50. The lowest BCUT2D eigenvalue weighted by Gasteiger charge is -2.39. The van der Waals surface area contributed by atoms with Crippen LogP contribution in [0.4, 0.5) is 5.95 Å². The maximum absolute atomic E-state index is 7.92. The minimum absolute atomic E-state index is 0.499. The standard InChI is InChI=1S/C32H52N8S/c1-23(2)40-18-16-39(17-19-40)22-26-14-12-25(13-15-26)8-7-11-29-30-24(3)38-41-31(30)37-32(36-29)35-28(20-33)21-34-27-9-5-4-6-10-27/h20-21,23,25-27,33-34H,4-19,22H2,1-3H3,(H,35,36,37)/b28-21+,33-20?/t25-,26-. The maximum atomic E-state index is 7.92. The van der Waals surface area contributed by atoms with E-state index in [0.717, 1.165) is 46.3 Å². The minimum atomic E-state index is 0.499. The molecule has 2 aromatic heterocycles. The van der Waals surface area contributed by atoms with E-state index in [1.165, 1.54) is 115 Å². The Morgan fingerprint density at radius 1 is 1.00 bits per heavy atom. The first-order valence-corrected chi connectivity index (χ1v) is 17.1. The molecule has 1 saturated heterocycles. The summed E-state index contributed by atoms with van der Waals surface area (Å²) in [5, 5.41) is 15.8. The van der Waals surface area contributed by atoms with Gasteiger partial charge in [-0.2, -0.15) is 9.36 Å². The minimum Gasteiger partial charge on any atom is -0.386 e. The predicted octanol–water partition coefficient (Wildman–Crippen LogP) is 6.37. The number of piperazine rings is 1. The lowest BCUT2D eigenvalue weighted by molar-refractivity contribution is 0.0868. The zero-order valence-electron chi connectivity index (χ0n) is 25.6. The molecule has 3 fully saturated rings. The highest BCUT2D eigenvalue weighted by Gasteiger charge is 2.25. The van der Waals surface area contributed by atoms with Gasteiger partial charge in [0, 0.05) is 57.2 Å². The summed E-state index contributed by atoms with van der Waals surface area (Å²) in [6.07, 6.45) is 18.5. The van der Waals surface area contributed by atoms with Crippen LogP contribution in [0.1, 0.15) is 95.9 Å². The van der Waals surface area contributed by atoms with Crippen LogP contribution < -0.4 is 10.6 Å². The van der Waals surface area contributed by atoms with Gasteiger partial charge in [-0.15, -0.1) is 0 Å². The normalized spacial score (nSPS) is 23.8. The van der Waals surface area contributed by atoms with Crippen LogP contribution in [-0.2, 0) is 6.42 Å². The second-order valence-corrected chi connectivity index (χ2v) is 13.8. The van der Waals surface area contributed by atoms with Gasteiger partial charge >= 0.3 is 0 Å². The Balaban J connectivity index is 1.11. The average Bonchev–Trinajstić information content (AvgIpc) is 3.37. The molecule has 5 rings (SSSR count). The first-order valence-electron chi connectivity index (χ1n) is 16.3. The van der Waals surface area contributed by atoms with E-state index in [0.29, 0.717) is 23.7 Å². The van der Waals surface area contributed by atoms with Gasteiger partial charge in [0.2, 0.25) is 5.95 Å². The van der Waals surface area contributed by atoms with Gasteiger partial charge < -0.3 is 20.9 Å². The Bertz CT molecular complexity index is 1140. The molecule has 1 aliphatic heterocycles. The van der Waals surface area contributed by atoms with Gasteiger partial charge in [-0.05, 0) is 82.7 Å². The number of aromatic nitrogens is 3. The van der Waals surface area contributed by atoms with E-state index in [1.807, 2.05) is 6.20 Å². The van der Waals surface area contributed by atoms with Crippen molar-refractivity contribution in [3.05, 3.63) is 23.3 Å². The van der Waals surface area contributed by atoms with Crippen molar-refractivity contribution < 1.29 is 0 Å². The highest BCUT2D eigenvalue weighted by atomic mass is 32.1. The van der Waals surface area contributed by atoms with Crippen LogP contribution in [0.5, 0.6) is 0 Å². The van der Waals surface area contributed by atoms with Gasteiger partial charge in [0.25, 0.3) is 0 Å². The number of hydrogen-bond donors (Lipinski definition) is 3. The van der Waals surface area contributed by atoms with E-state index in [1.54, 1.807) is 0 Å². The Kier molecular flexibility index (Phi) is 11.0. The fraction of sp³-hybridized carbons (Fsp3) is 0.750. The number of allylic oxidation sites excluding steroid dienone is 1. The molecule has 0 radical (unpaired) electrons. The summed E-state index contributed by atoms with van der Waals surface area (Å²) in [4.78, 5) is 16.0. The van der Waals surface area contributed by atoms with E-state index in [4.69, 9.17) is 15.4 Å². The number of nitrogens with one attached hydrogen (secondary N) is 3. The number of fused-ring (bicyclic) bond motifs is 1. The van der Waals surface area contributed by atoms with E-state index < -0.39 is 0 Å². The Labute approximate surface area is 251 Å². The van der Waals surface area contributed by atoms with E-state index in [2.05, 4.69) is 45.6 Å². The van der Waals surface area contributed by atoms with Gasteiger partial charge in [0.1, 0.15) is 4.83 Å². The third-order valence-corrected chi connectivity index (χ3v) is 10.6. The molecule has 0 unspecified atom stereocenters. The van der Waals surface area contributed by atoms with Crippen LogP contribution >= 0.6 is 11.5 Å². The molecule has 3 N–H and O–H groups in total. The molecule has 0 spiro atoms. The molecule has 2 saturated carbocycles. The second-order valence-electron chi connectivity index (χ2n) is 13.0. The molecular formula is C32H52N8S. The van der Waals surface area contributed by atoms with E-state index >= 15 is 0 Å². The molecule has 8 nitrogen and oxygen atoms in total. The predicted molar refractivity (Wildman–Crippen MR) is 172 cm³/mol. The van der Waals surface area contributed by atoms with Gasteiger partial charge in [0.15, 0.2) is 0 Å². The first kappa shape index (κ1) is 30.4. The van der Waals surface area contributed by atoms with Gasteiger partial charge in [-0.1, -0.05) is 38.5 Å². The van der Waals surface area contributed by atoms with Crippen molar-refractivity contribution in [2.45, 2.75) is 110 Å². The highest BCUT2D eigenvalue weighted by Crippen LogP contribution is 2.33. The van der Waals surface area contributed by atoms with Gasteiger partial charge in [-0.3, -0.25) is 4.90 Å². The van der Waals surface area contributed by atoms with Crippen molar-refractivity contribution in [2.75, 3.05) is 38.0 Å². The van der Waals surface area contributed by atoms with Crippen LogP contribution in [0, 0.1) is 24.2 Å². The Hall–Kier alpha value is -2.10. The van der Waals surface area contributed by atoms with Crippen molar-refractivity contribution in [1.82, 2.24) is 29.5 Å². The summed E-state index contributed by atoms with van der Waals surface area (Å²) < 4.78 is 4.59. The summed E-state index contributed by atoms with van der Waals surface area (Å²) in [6.45, 7) is 13.0. The van der Waals surface area contributed by atoms with Crippen LogP contribution in [0.25, 0.3) is 10.2 Å². The summed E-state index contributed by atoms with van der Waals surface area (Å²) in [5.41, 5.74) is 2.83. The third kappa shape index (κ3) is 8.48. The molecule has 0 amide bonds. The summed E-state index contributed by atoms with van der Waals surface area (Å²) in [5.74, 6) is 2.31. The van der Waals surface area contributed by atoms with Crippen molar-refractivity contribution in [3.63, 3.8) is 0 Å². The molecule has 0 aromatic carbocycles. The maximum Gasteiger partial charge on any atom is 0.228 e. The van der Waals surface area contributed by atoms with Crippen molar-refractivity contribution in [2.24, 2.45) is 11.8 Å². The third-order valence-electron chi connectivity index (χ3n) is 9.72. The van der Waals surface area contributed by atoms with Crippen molar-refractivity contribution in [1.29, 1.82) is 5.41 Å². The molecule has 226 valence electrons. The molecule has 2 aliphatic carbocycles. The molecule has 0 bridgehead atoms. The molecule has 0 atom stereocenters. The number of rotatable bonds is 12. The summed E-state index contributed by atoms with van der Waals surface area (Å²) in [7, 11) is 0. The molecular weight excluding hydrogens is 528 g/mol. The summed E-state index contributed by atoms with van der Waals surface area (Å²) in [6, 6.07) is 1.18. The molecule has 2 aromatic rings. The highest BCUT2D eigenvalue weighted by molar-refractivity contribution is 7.13. The molecule has 41 heavy (non-hydrogen) atoms. The number of nitrogens with zero attached hydrogens (tertiary/aromatic N) is 5. The smallest absolute Gasteiger partial charge is 0.228 e. The van der Waals surface area contributed by atoms with Crippen molar-refractivity contribution >= 4 is 33.9 Å². The summed E-state index contributed by atoms with van der Waals surface area (Å²) >= 11 is 1.45. The number of aryl methyl sites for hydroxylation is 2. The fourth-order valence-electron chi connectivity index (χ4n) is 7.12. The number of hydrogen-bond acceptors (Lipinski definition) is 9. The van der Waals surface area contributed by atoms with Crippen LogP contribution in [0.2, 0.25) is 0 Å². The topological polar surface area (TPSA) is 93.1 Å². The second kappa shape index (κ2) is 14.9. The number of anilines is 1. The first-order chi connectivity index (χ1) is 20.0. The van der Waals surface area contributed by atoms with Crippen molar-refractivity contribution in [3.8, 4) is 0 Å². The monoisotopic (exact) mass is 580 g/mol. The zero-order valence-corrected chi connectivity index (χ0v) is 26.4. The zero-order chi connectivity index (χ0) is 28.6. The lowest BCUT2D eigenvalue weighted by atomic mass is 9.79. The molecule has 9 heteroatoms. The average molecular weight is 581 g/mol. The quantitative estimate of drug-likeness (QED) is 0.251. The van der Waals surface area contributed by atoms with Crippen LogP contribution in [0.3, 0.4) is 0 Å². The molecule has 3 aliphatic rings. The van der Waals surface area contributed by atoms with E-state index in [9.17, 15) is 0 Å². The largest absolute Gasteiger partial charge is 0.386 e. The SMILES string of the molecule is Cc1nsc2nc(N/C(C=N)=C/NC3CCCCC3)nc(CCC[C@H]3CC[C@H](CN4CCN(C(C)C)CC4)CC3)c12.